The lowest BCUT2D eigenvalue weighted by Gasteiger charge is -2.14. The molecule has 0 saturated heterocycles. The number of hydrogen-bond donors (Lipinski definition) is 0. The maximum atomic E-state index is 13.0. The summed E-state index contributed by atoms with van der Waals surface area (Å²) in [5, 5.41) is 0. The van der Waals surface area contributed by atoms with E-state index in [4.69, 9.17) is 0 Å². The monoisotopic (exact) mass is 350 g/mol. The molecule has 0 fully saturated rings. The van der Waals surface area contributed by atoms with Gasteiger partial charge in [0.15, 0.2) is 0 Å². The van der Waals surface area contributed by atoms with E-state index in [2.05, 4.69) is 15.9 Å². The zero-order chi connectivity index (χ0) is 15.0. The summed E-state index contributed by atoms with van der Waals surface area (Å²) < 4.78 is 64.6. The molecule has 6 heteroatoms. The fourth-order valence-electron chi connectivity index (χ4n) is 1.82. The molecule has 0 unspecified atom stereocenters. The topological polar surface area (TPSA) is 0 Å². The van der Waals surface area contributed by atoms with Gasteiger partial charge in [0.1, 0.15) is 0 Å². The normalized spacial score (nSPS) is 12.5. The van der Waals surface area contributed by atoms with Gasteiger partial charge < -0.3 is 0 Å². The lowest BCUT2D eigenvalue weighted by atomic mass is 9.98. The SMILES string of the molecule is FC(F)(F)c1ccccc1-c1ccc(C(F)(F)Br)cc1. The number of hydrogen-bond acceptors (Lipinski definition) is 0. The summed E-state index contributed by atoms with van der Waals surface area (Å²) in [7, 11) is 0. The molecule has 2 aromatic carbocycles. The van der Waals surface area contributed by atoms with E-state index in [0.717, 1.165) is 18.2 Å². The van der Waals surface area contributed by atoms with Gasteiger partial charge in [0.2, 0.25) is 0 Å². The Hall–Kier alpha value is -1.43. The molecular formula is C14H8BrF5. The van der Waals surface area contributed by atoms with Crippen molar-refractivity contribution in [3.63, 3.8) is 0 Å². The molecule has 0 spiro atoms. The van der Waals surface area contributed by atoms with Crippen molar-refractivity contribution >= 4 is 15.9 Å². The molecule has 106 valence electrons. The maximum Gasteiger partial charge on any atom is 0.417 e. The Labute approximate surface area is 120 Å². The van der Waals surface area contributed by atoms with Crippen LogP contribution in [0.3, 0.4) is 0 Å². The van der Waals surface area contributed by atoms with E-state index in [9.17, 15) is 22.0 Å². The molecule has 0 saturated carbocycles. The highest BCUT2D eigenvalue weighted by Crippen LogP contribution is 2.39. The average molecular weight is 351 g/mol. The van der Waals surface area contributed by atoms with Crippen molar-refractivity contribution in [1.29, 1.82) is 0 Å². The van der Waals surface area contributed by atoms with Crippen molar-refractivity contribution in [2.75, 3.05) is 0 Å². The van der Waals surface area contributed by atoms with Gasteiger partial charge in [-0.2, -0.15) is 22.0 Å². The zero-order valence-corrected chi connectivity index (χ0v) is 11.5. The summed E-state index contributed by atoms with van der Waals surface area (Å²) in [4.78, 5) is -3.20. The molecule has 0 N–H and O–H groups in total. The molecule has 0 amide bonds. The fourth-order valence-corrected chi connectivity index (χ4v) is 2.09. The summed E-state index contributed by atoms with van der Waals surface area (Å²) in [5.41, 5.74) is -0.910. The Morgan fingerprint density at radius 1 is 0.750 bits per heavy atom. The standard InChI is InChI=1S/C14H8BrF5/c15-13(16,17)10-7-5-9(6-8-10)11-3-1-2-4-12(11)14(18,19)20/h1-8H. The lowest BCUT2D eigenvalue weighted by Crippen LogP contribution is -2.07. The van der Waals surface area contributed by atoms with Crippen LogP contribution in [0.4, 0.5) is 22.0 Å². The third-order valence-corrected chi connectivity index (χ3v) is 3.21. The highest BCUT2D eigenvalue weighted by Gasteiger charge is 2.33. The highest BCUT2D eigenvalue weighted by atomic mass is 79.9. The molecule has 0 aliphatic heterocycles. The summed E-state index contributed by atoms with van der Waals surface area (Å²) >= 11 is 2.20. The summed E-state index contributed by atoms with van der Waals surface area (Å²) in [6.07, 6.45) is -4.49. The number of halogens is 6. The van der Waals surface area contributed by atoms with Gasteiger partial charge in [0, 0.05) is 5.56 Å². The predicted molar refractivity (Wildman–Crippen MR) is 69.7 cm³/mol. The van der Waals surface area contributed by atoms with E-state index in [0.29, 0.717) is 0 Å². The lowest BCUT2D eigenvalue weighted by molar-refractivity contribution is -0.137. The molecule has 0 aliphatic carbocycles. The summed E-state index contributed by atoms with van der Waals surface area (Å²) in [5.74, 6) is 0. The first kappa shape index (κ1) is 15.0. The molecule has 0 atom stereocenters. The van der Waals surface area contributed by atoms with Gasteiger partial charge in [-0.15, -0.1) is 0 Å². The van der Waals surface area contributed by atoms with Crippen LogP contribution in [0.1, 0.15) is 11.1 Å². The molecule has 2 rings (SSSR count). The van der Waals surface area contributed by atoms with Crippen LogP contribution in [-0.2, 0) is 11.0 Å². The van der Waals surface area contributed by atoms with Crippen molar-refractivity contribution in [3.05, 3.63) is 59.7 Å². The van der Waals surface area contributed by atoms with Crippen molar-refractivity contribution in [2.45, 2.75) is 11.0 Å². The van der Waals surface area contributed by atoms with E-state index < -0.39 is 16.6 Å². The molecule has 20 heavy (non-hydrogen) atoms. The summed E-state index contributed by atoms with van der Waals surface area (Å²) in [6, 6.07) is 9.70. The van der Waals surface area contributed by atoms with E-state index in [1.165, 1.54) is 30.3 Å². The van der Waals surface area contributed by atoms with Crippen LogP contribution in [0.5, 0.6) is 0 Å². The Kier molecular flexibility index (Phi) is 3.86. The first-order chi connectivity index (χ1) is 9.19. The fraction of sp³-hybridized carbons (Fsp3) is 0.143. The van der Waals surface area contributed by atoms with Gasteiger partial charge in [-0.25, -0.2) is 0 Å². The van der Waals surface area contributed by atoms with Crippen molar-refractivity contribution in [3.8, 4) is 11.1 Å². The van der Waals surface area contributed by atoms with Gasteiger partial charge in [-0.3, -0.25) is 0 Å². The average Bonchev–Trinajstić information content (AvgIpc) is 2.37. The third-order valence-electron chi connectivity index (χ3n) is 2.76. The van der Waals surface area contributed by atoms with E-state index in [-0.39, 0.29) is 16.7 Å². The second-order valence-corrected chi connectivity index (χ2v) is 5.11. The number of benzene rings is 2. The molecule has 2 aromatic rings. The minimum atomic E-state index is -4.49. The van der Waals surface area contributed by atoms with Gasteiger partial charge >= 0.3 is 11.0 Å². The minimum Gasteiger partial charge on any atom is -0.188 e. The van der Waals surface area contributed by atoms with Crippen LogP contribution >= 0.6 is 15.9 Å². The first-order valence-corrected chi connectivity index (χ1v) is 6.33. The molecule has 0 aromatic heterocycles. The van der Waals surface area contributed by atoms with Crippen molar-refractivity contribution in [2.24, 2.45) is 0 Å². The van der Waals surface area contributed by atoms with Crippen molar-refractivity contribution < 1.29 is 22.0 Å². The van der Waals surface area contributed by atoms with Crippen molar-refractivity contribution in [1.82, 2.24) is 0 Å². The van der Waals surface area contributed by atoms with Crippen LogP contribution in [0, 0.1) is 0 Å². The third kappa shape index (κ3) is 3.17. The second-order valence-electron chi connectivity index (χ2n) is 4.12. The predicted octanol–water partition coefficient (Wildman–Crippen LogP) is 5.82. The van der Waals surface area contributed by atoms with Gasteiger partial charge in [0.05, 0.1) is 5.56 Å². The Morgan fingerprint density at radius 3 is 1.80 bits per heavy atom. The van der Waals surface area contributed by atoms with Gasteiger partial charge in [-0.05, 0) is 33.1 Å². The molecule has 0 heterocycles. The van der Waals surface area contributed by atoms with E-state index >= 15 is 0 Å². The minimum absolute atomic E-state index is 0.0376. The zero-order valence-electron chi connectivity index (χ0n) is 9.89. The number of alkyl halides is 6. The summed E-state index contributed by atoms with van der Waals surface area (Å²) in [6.45, 7) is 0. The second kappa shape index (κ2) is 5.16. The first-order valence-electron chi connectivity index (χ1n) is 5.53. The van der Waals surface area contributed by atoms with Crippen LogP contribution in [0.2, 0.25) is 0 Å². The molecule has 0 bridgehead atoms. The van der Waals surface area contributed by atoms with Crippen LogP contribution in [0.15, 0.2) is 48.5 Å². The Morgan fingerprint density at radius 2 is 1.30 bits per heavy atom. The van der Waals surface area contributed by atoms with Crippen LogP contribution < -0.4 is 0 Å². The van der Waals surface area contributed by atoms with E-state index in [1.807, 2.05) is 0 Å². The van der Waals surface area contributed by atoms with Crippen LogP contribution in [-0.4, -0.2) is 0 Å². The Bertz CT molecular complexity index is 596. The smallest absolute Gasteiger partial charge is 0.188 e. The number of rotatable bonds is 2. The quantitative estimate of drug-likeness (QED) is 0.473. The largest absolute Gasteiger partial charge is 0.417 e. The molecule has 0 radical (unpaired) electrons. The Balaban J connectivity index is 2.48. The van der Waals surface area contributed by atoms with Gasteiger partial charge in [-0.1, -0.05) is 42.5 Å². The van der Waals surface area contributed by atoms with Crippen LogP contribution in [0.25, 0.3) is 11.1 Å². The molecule has 0 nitrogen and oxygen atoms in total. The van der Waals surface area contributed by atoms with Gasteiger partial charge in [0.25, 0.3) is 0 Å². The maximum absolute atomic E-state index is 13.0. The molecule has 0 aliphatic rings. The molecular weight excluding hydrogens is 343 g/mol. The highest BCUT2D eigenvalue weighted by molar-refractivity contribution is 9.09. The van der Waals surface area contributed by atoms with E-state index in [1.54, 1.807) is 0 Å².